The van der Waals surface area contributed by atoms with Gasteiger partial charge in [-0.25, -0.2) is 8.42 Å². The van der Waals surface area contributed by atoms with Gasteiger partial charge in [0.25, 0.3) is 0 Å². The fraction of sp³-hybridized carbons (Fsp3) is 0.176. The van der Waals surface area contributed by atoms with Crippen LogP contribution in [0.4, 0.5) is 0 Å². The van der Waals surface area contributed by atoms with Crippen molar-refractivity contribution in [3.05, 3.63) is 156 Å². The van der Waals surface area contributed by atoms with Crippen molar-refractivity contribution in [2.75, 3.05) is 11.5 Å². The zero-order valence-corrected chi connectivity index (χ0v) is 21.9. The van der Waals surface area contributed by atoms with Crippen molar-refractivity contribution in [2.45, 2.75) is 24.7 Å². The zero-order chi connectivity index (χ0) is 25.8. The average molecular weight is 507 g/mol. The van der Waals surface area contributed by atoms with Gasteiger partial charge >= 0.3 is 0 Å². The Bertz CT molecular complexity index is 1260. The normalized spacial score (nSPS) is 13.6. The van der Waals surface area contributed by atoms with Crippen LogP contribution >= 0.6 is 0 Å². The summed E-state index contributed by atoms with van der Waals surface area (Å²) in [7, 11) is -3.33. The lowest BCUT2D eigenvalue weighted by Crippen LogP contribution is -2.21. The van der Waals surface area contributed by atoms with Crippen molar-refractivity contribution in [3.8, 4) is 0 Å². The molecule has 2 nitrogen and oxygen atoms in total. The molecule has 2 unspecified atom stereocenters. The SMILES string of the molecule is O=S(=O)(CC(CC=Cc1ccccc1)c1ccccc1)CC(CC=Cc1ccccc1)c1ccccc1. The number of rotatable bonds is 12. The molecule has 0 aliphatic heterocycles. The third-order valence-electron chi connectivity index (χ3n) is 6.51. The van der Waals surface area contributed by atoms with Crippen LogP contribution < -0.4 is 0 Å². The fourth-order valence-corrected chi connectivity index (χ4v) is 6.62. The van der Waals surface area contributed by atoms with E-state index in [0.29, 0.717) is 12.8 Å². The van der Waals surface area contributed by atoms with Crippen molar-refractivity contribution < 1.29 is 8.42 Å². The van der Waals surface area contributed by atoms with Gasteiger partial charge in [0, 0.05) is 11.8 Å². The molecule has 0 saturated heterocycles. The third-order valence-corrected chi connectivity index (χ3v) is 8.33. The largest absolute Gasteiger partial charge is 0.229 e. The van der Waals surface area contributed by atoms with Gasteiger partial charge in [-0.15, -0.1) is 0 Å². The first-order valence-electron chi connectivity index (χ1n) is 12.8. The molecule has 0 aromatic heterocycles. The second kappa shape index (κ2) is 13.6. The summed E-state index contributed by atoms with van der Waals surface area (Å²) in [4.78, 5) is 0. The Hall–Kier alpha value is -3.69. The summed E-state index contributed by atoms with van der Waals surface area (Å²) >= 11 is 0. The monoisotopic (exact) mass is 506 g/mol. The van der Waals surface area contributed by atoms with Gasteiger partial charge in [0.2, 0.25) is 0 Å². The summed E-state index contributed by atoms with van der Waals surface area (Å²) in [6.45, 7) is 0. The van der Waals surface area contributed by atoms with Crippen LogP contribution in [0.25, 0.3) is 12.2 Å². The van der Waals surface area contributed by atoms with Gasteiger partial charge in [-0.2, -0.15) is 0 Å². The van der Waals surface area contributed by atoms with Gasteiger partial charge in [-0.05, 0) is 35.1 Å². The molecule has 37 heavy (non-hydrogen) atoms. The van der Waals surface area contributed by atoms with Gasteiger partial charge in [0.1, 0.15) is 0 Å². The fourth-order valence-electron chi connectivity index (χ4n) is 4.60. The van der Waals surface area contributed by atoms with Crippen LogP contribution in [0.1, 0.15) is 46.9 Å². The quantitative estimate of drug-likeness (QED) is 0.194. The summed E-state index contributed by atoms with van der Waals surface area (Å²) in [6, 6.07) is 40.3. The molecule has 4 aromatic carbocycles. The lowest BCUT2D eigenvalue weighted by Gasteiger charge is -2.20. The van der Waals surface area contributed by atoms with Gasteiger partial charge in [-0.3, -0.25) is 0 Å². The average Bonchev–Trinajstić information content (AvgIpc) is 2.94. The Morgan fingerprint density at radius 2 is 0.811 bits per heavy atom. The van der Waals surface area contributed by atoms with Crippen molar-refractivity contribution in [3.63, 3.8) is 0 Å². The van der Waals surface area contributed by atoms with E-state index in [4.69, 9.17) is 0 Å². The number of sulfone groups is 1. The predicted octanol–water partition coefficient (Wildman–Crippen LogP) is 8.18. The summed E-state index contributed by atoms with van der Waals surface area (Å²) in [5, 5.41) is 0. The Balaban J connectivity index is 1.51. The second-order valence-corrected chi connectivity index (χ2v) is 11.5. The third kappa shape index (κ3) is 8.73. The van der Waals surface area contributed by atoms with Crippen molar-refractivity contribution in [2.24, 2.45) is 0 Å². The van der Waals surface area contributed by atoms with E-state index in [1.807, 2.05) is 97.1 Å². The standard InChI is InChI=1S/C34H34O2S/c35-37(36,27-33(31-21-9-3-10-22-31)25-13-19-29-15-5-1-6-16-29)28-34(32-23-11-4-12-24-32)26-14-20-30-17-7-2-8-18-30/h1-24,33-34H,25-28H2. The lowest BCUT2D eigenvalue weighted by molar-refractivity contribution is 0.579. The van der Waals surface area contributed by atoms with E-state index >= 15 is 0 Å². The molecule has 0 heterocycles. The van der Waals surface area contributed by atoms with Crippen LogP contribution in [0.15, 0.2) is 133 Å². The summed E-state index contributed by atoms with van der Waals surface area (Å²) < 4.78 is 27.2. The van der Waals surface area contributed by atoms with Crippen LogP contribution in [-0.4, -0.2) is 19.9 Å². The molecule has 188 valence electrons. The van der Waals surface area contributed by atoms with Crippen molar-refractivity contribution in [1.82, 2.24) is 0 Å². The predicted molar refractivity (Wildman–Crippen MR) is 157 cm³/mol. The molecular formula is C34H34O2S. The Morgan fingerprint density at radius 1 is 0.486 bits per heavy atom. The van der Waals surface area contributed by atoms with Gasteiger partial charge in [0.15, 0.2) is 9.84 Å². The number of hydrogen-bond donors (Lipinski definition) is 0. The topological polar surface area (TPSA) is 34.1 Å². The van der Waals surface area contributed by atoms with Gasteiger partial charge in [0.05, 0.1) is 11.5 Å². The summed E-state index contributed by atoms with van der Waals surface area (Å²) in [5.41, 5.74) is 4.35. The van der Waals surface area contributed by atoms with E-state index in [1.165, 1.54) is 0 Å². The first-order valence-corrected chi connectivity index (χ1v) is 14.6. The molecule has 0 aliphatic carbocycles. The molecule has 0 bridgehead atoms. The van der Waals surface area contributed by atoms with E-state index in [9.17, 15) is 8.42 Å². The second-order valence-electron chi connectivity index (χ2n) is 9.39. The van der Waals surface area contributed by atoms with Crippen LogP contribution in [0.3, 0.4) is 0 Å². The smallest absolute Gasteiger partial charge is 0.151 e. The Labute approximate surface area is 221 Å². The molecule has 0 saturated carbocycles. The highest BCUT2D eigenvalue weighted by atomic mass is 32.2. The van der Waals surface area contributed by atoms with E-state index < -0.39 is 9.84 Å². The first-order chi connectivity index (χ1) is 18.1. The molecule has 4 rings (SSSR count). The van der Waals surface area contributed by atoms with Crippen LogP contribution in [0.5, 0.6) is 0 Å². The van der Waals surface area contributed by atoms with E-state index in [2.05, 4.69) is 48.6 Å². The molecule has 0 fully saturated rings. The molecule has 0 radical (unpaired) electrons. The zero-order valence-electron chi connectivity index (χ0n) is 21.1. The molecule has 2 atom stereocenters. The van der Waals surface area contributed by atoms with Crippen molar-refractivity contribution >= 4 is 22.0 Å². The van der Waals surface area contributed by atoms with Gasteiger partial charge in [-0.1, -0.05) is 146 Å². The molecule has 3 heteroatoms. The lowest BCUT2D eigenvalue weighted by atomic mass is 9.97. The number of benzene rings is 4. The van der Waals surface area contributed by atoms with Gasteiger partial charge < -0.3 is 0 Å². The molecule has 0 aliphatic rings. The summed E-state index contributed by atoms with van der Waals surface area (Å²) in [5.74, 6) is 0.0638. The highest BCUT2D eigenvalue weighted by Gasteiger charge is 2.24. The van der Waals surface area contributed by atoms with Crippen LogP contribution in [-0.2, 0) is 9.84 Å². The number of allylic oxidation sites excluding steroid dienone is 2. The Kier molecular flexibility index (Phi) is 9.67. The van der Waals surface area contributed by atoms with Crippen LogP contribution in [0, 0.1) is 0 Å². The molecule has 4 aromatic rings. The maximum Gasteiger partial charge on any atom is 0.151 e. The minimum absolute atomic E-state index is 0.0950. The van der Waals surface area contributed by atoms with E-state index in [-0.39, 0.29) is 23.3 Å². The first kappa shape index (κ1) is 26.4. The Morgan fingerprint density at radius 3 is 1.16 bits per heavy atom. The molecule has 0 amide bonds. The maximum atomic E-state index is 13.6. The van der Waals surface area contributed by atoms with E-state index in [0.717, 1.165) is 22.3 Å². The maximum absolute atomic E-state index is 13.6. The minimum atomic E-state index is -3.33. The highest BCUT2D eigenvalue weighted by molar-refractivity contribution is 7.91. The molecule has 0 N–H and O–H groups in total. The number of hydrogen-bond acceptors (Lipinski definition) is 2. The van der Waals surface area contributed by atoms with E-state index in [1.54, 1.807) is 0 Å². The summed E-state index contributed by atoms with van der Waals surface area (Å²) in [6.07, 6.45) is 9.68. The minimum Gasteiger partial charge on any atom is -0.229 e. The highest BCUT2D eigenvalue weighted by Crippen LogP contribution is 2.28. The molecular weight excluding hydrogens is 472 g/mol. The van der Waals surface area contributed by atoms with Crippen molar-refractivity contribution in [1.29, 1.82) is 0 Å². The van der Waals surface area contributed by atoms with Crippen LogP contribution in [0.2, 0.25) is 0 Å². The molecule has 0 spiro atoms.